The van der Waals surface area contributed by atoms with Crippen molar-refractivity contribution >= 4 is 39.8 Å². The molecule has 7 heteroatoms. The van der Waals surface area contributed by atoms with Crippen molar-refractivity contribution in [1.82, 2.24) is 0 Å². The molecule has 1 aliphatic carbocycles. The lowest BCUT2D eigenvalue weighted by molar-refractivity contribution is 0.0697. The largest absolute Gasteiger partial charge is 0.478 e. The fourth-order valence-corrected chi connectivity index (χ4v) is 4.59. The van der Waals surface area contributed by atoms with E-state index in [0.717, 1.165) is 29.3 Å². The Bertz CT molecular complexity index is 813. The molecule has 0 radical (unpaired) electrons. The third-order valence-electron chi connectivity index (χ3n) is 4.14. The van der Waals surface area contributed by atoms with E-state index in [0.29, 0.717) is 12.3 Å². The molecule has 1 aliphatic rings. The molecule has 1 unspecified atom stereocenters. The molecular weight excluding hydrogens is 353 g/mol. The first-order valence-corrected chi connectivity index (χ1v) is 8.71. The lowest BCUT2D eigenvalue weighted by atomic mass is 9.88. The van der Waals surface area contributed by atoms with Gasteiger partial charge in [0.25, 0.3) is 5.91 Å². The highest BCUT2D eigenvalue weighted by atomic mass is 35.5. The van der Waals surface area contributed by atoms with E-state index in [4.69, 9.17) is 11.6 Å². The number of benzene rings is 1. The number of aromatic carboxylic acids is 1. The Hall–Kier alpha value is -1.92. The third kappa shape index (κ3) is 3.03. The molecule has 1 aromatic carbocycles. The van der Waals surface area contributed by atoms with Crippen LogP contribution in [0.4, 0.5) is 9.39 Å². The zero-order valence-corrected chi connectivity index (χ0v) is 14.4. The van der Waals surface area contributed by atoms with Crippen molar-refractivity contribution in [1.29, 1.82) is 0 Å². The number of fused-ring (bicyclic) bond motifs is 1. The van der Waals surface area contributed by atoms with Gasteiger partial charge in [-0.05, 0) is 42.9 Å². The van der Waals surface area contributed by atoms with Crippen LogP contribution >= 0.6 is 22.9 Å². The number of carboxylic acid groups (broad SMARTS) is 1. The number of rotatable bonds is 3. The number of carboxylic acids is 1. The van der Waals surface area contributed by atoms with Crippen LogP contribution in [0.2, 0.25) is 5.02 Å². The Labute approximate surface area is 147 Å². The Morgan fingerprint density at radius 1 is 1.38 bits per heavy atom. The summed E-state index contributed by atoms with van der Waals surface area (Å²) in [6, 6.07) is 3.96. The average molecular weight is 368 g/mol. The van der Waals surface area contributed by atoms with Gasteiger partial charge < -0.3 is 10.4 Å². The molecule has 0 saturated heterocycles. The van der Waals surface area contributed by atoms with Gasteiger partial charge in [0, 0.05) is 4.88 Å². The highest BCUT2D eigenvalue weighted by Crippen LogP contribution is 2.40. The first-order chi connectivity index (χ1) is 11.4. The van der Waals surface area contributed by atoms with Gasteiger partial charge in [-0.1, -0.05) is 24.6 Å². The van der Waals surface area contributed by atoms with Crippen LogP contribution in [0.1, 0.15) is 44.5 Å². The number of thiophene rings is 1. The van der Waals surface area contributed by atoms with E-state index in [2.05, 4.69) is 12.2 Å². The van der Waals surface area contributed by atoms with Crippen molar-refractivity contribution in [2.24, 2.45) is 5.92 Å². The number of carbonyl (C=O) groups is 2. The molecule has 0 aliphatic heterocycles. The summed E-state index contributed by atoms with van der Waals surface area (Å²) in [5, 5.41) is 12.3. The maximum atomic E-state index is 13.9. The number of nitrogens with one attached hydrogen (secondary N) is 1. The summed E-state index contributed by atoms with van der Waals surface area (Å²) in [4.78, 5) is 25.0. The second-order valence-corrected chi connectivity index (χ2v) is 7.42. The van der Waals surface area contributed by atoms with Crippen LogP contribution in [0, 0.1) is 11.7 Å². The number of halogens is 2. The summed E-state index contributed by atoms with van der Waals surface area (Å²) >= 11 is 7.15. The van der Waals surface area contributed by atoms with Gasteiger partial charge >= 0.3 is 5.97 Å². The second-order valence-electron chi connectivity index (χ2n) is 5.91. The molecule has 0 bridgehead atoms. The minimum absolute atomic E-state index is 0.0145. The lowest BCUT2D eigenvalue weighted by Gasteiger charge is -2.17. The number of carbonyl (C=O) groups excluding carboxylic acids is 1. The van der Waals surface area contributed by atoms with Crippen molar-refractivity contribution in [2.75, 3.05) is 5.32 Å². The number of hydrogen-bond acceptors (Lipinski definition) is 3. The van der Waals surface area contributed by atoms with Crippen LogP contribution < -0.4 is 5.32 Å². The molecule has 2 aromatic rings. The maximum Gasteiger partial charge on any atom is 0.339 e. The van der Waals surface area contributed by atoms with Gasteiger partial charge in [0.15, 0.2) is 0 Å². The number of hydrogen-bond donors (Lipinski definition) is 2. The van der Waals surface area contributed by atoms with Crippen LogP contribution in [-0.2, 0) is 12.8 Å². The van der Waals surface area contributed by atoms with Crippen LogP contribution in [0.15, 0.2) is 18.2 Å². The lowest BCUT2D eigenvalue weighted by Crippen LogP contribution is -2.16. The quantitative estimate of drug-likeness (QED) is 0.832. The van der Waals surface area contributed by atoms with Gasteiger partial charge in [-0.3, -0.25) is 4.79 Å². The summed E-state index contributed by atoms with van der Waals surface area (Å²) in [5.74, 6) is -2.10. The fourth-order valence-electron chi connectivity index (χ4n) is 2.95. The van der Waals surface area contributed by atoms with E-state index < -0.39 is 17.7 Å². The first-order valence-electron chi connectivity index (χ1n) is 7.51. The summed E-state index contributed by atoms with van der Waals surface area (Å²) in [6.07, 6.45) is 2.37. The van der Waals surface area contributed by atoms with Crippen LogP contribution in [0.25, 0.3) is 0 Å². The van der Waals surface area contributed by atoms with E-state index in [1.165, 1.54) is 23.5 Å². The number of anilines is 1. The van der Waals surface area contributed by atoms with Crippen molar-refractivity contribution < 1.29 is 19.1 Å². The normalized spacial score (nSPS) is 16.5. The molecule has 24 heavy (non-hydrogen) atoms. The molecule has 126 valence electrons. The van der Waals surface area contributed by atoms with Crippen LogP contribution in [0.5, 0.6) is 0 Å². The van der Waals surface area contributed by atoms with Crippen molar-refractivity contribution in [3.05, 3.63) is 50.6 Å². The van der Waals surface area contributed by atoms with E-state index in [9.17, 15) is 19.1 Å². The topological polar surface area (TPSA) is 66.4 Å². The molecule has 2 N–H and O–H groups in total. The van der Waals surface area contributed by atoms with Crippen molar-refractivity contribution in [3.63, 3.8) is 0 Å². The van der Waals surface area contributed by atoms with Gasteiger partial charge in [-0.25, -0.2) is 9.18 Å². The second kappa shape index (κ2) is 6.53. The number of amides is 1. The SMILES string of the molecule is CC1CCc2c(sc(NC(=O)c3c(F)cccc3Cl)c2C(=O)O)C1. The zero-order chi connectivity index (χ0) is 17.4. The molecule has 1 aromatic heterocycles. The molecule has 1 atom stereocenters. The Morgan fingerprint density at radius 3 is 2.79 bits per heavy atom. The smallest absolute Gasteiger partial charge is 0.339 e. The standard InChI is InChI=1S/C17H15ClFNO3S/c1-8-5-6-9-12(7-8)24-16(13(9)17(22)23)20-15(21)14-10(18)3-2-4-11(14)19/h2-4,8H,5-7H2,1H3,(H,20,21)(H,22,23). The Morgan fingerprint density at radius 2 is 2.12 bits per heavy atom. The summed E-state index contributed by atoms with van der Waals surface area (Å²) in [6.45, 7) is 2.11. The van der Waals surface area contributed by atoms with Crippen LogP contribution in [0.3, 0.4) is 0 Å². The molecule has 1 amide bonds. The minimum atomic E-state index is -1.09. The average Bonchev–Trinajstić information content (AvgIpc) is 2.83. The van der Waals surface area contributed by atoms with Crippen LogP contribution in [-0.4, -0.2) is 17.0 Å². The maximum absolute atomic E-state index is 13.9. The van der Waals surface area contributed by atoms with Gasteiger partial charge in [-0.2, -0.15) is 0 Å². The summed E-state index contributed by atoms with van der Waals surface area (Å²) < 4.78 is 13.9. The van der Waals surface area contributed by atoms with E-state index in [1.807, 2.05) is 0 Å². The summed E-state index contributed by atoms with van der Waals surface area (Å²) in [5.41, 5.74) is 0.610. The van der Waals surface area contributed by atoms with E-state index >= 15 is 0 Å². The van der Waals surface area contributed by atoms with E-state index in [1.54, 1.807) is 0 Å². The van der Waals surface area contributed by atoms with Crippen molar-refractivity contribution in [2.45, 2.75) is 26.2 Å². The molecular formula is C17H15ClFNO3S. The highest BCUT2D eigenvalue weighted by molar-refractivity contribution is 7.17. The molecule has 0 saturated carbocycles. The van der Waals surface area contributed by atoms with Gasteiger partial charge in [0.05, 0.1) is 16.1 Å². The van der Waals surface area contributed by atoms with Gasteiger partial charge in [0.1, 0.15) is 10.8 Å². The molecule has 0 spiro atoms. The van der Waals surface area contributed by atoms with Crippen molar-refractivity contribution in [3.8, 4) is 0 Å². The molecule has 4 nitrogen and oxygen atoms in total. The monoisotopic (exact) mass is 367 g/mol. The third-order valence-corrected chi connectivity index (χ3v) is 5.63. The first kappa shape index (κ1) is 16.9. The Kier molecular flexibility index (Phi) is 4.60. The fraction of sp³-hybridized carbons (Fsp3) is 0.294. The zero-order valence-electron chi connectivity index (χ0n) is 12.9. The molecule has 1 heterocycles. The minimum Gasteiger partial charge on any atom is -0.478 e. The molecule has 3 rings (SSSR count). The predicted molar refractivity (Wildman–Crippen MR) is 91.8 cm³/mol. The van der Waals surface area contributed by atoms with E-state index in [-0.39, 0.29) is 21.2 Å². The van der Waals surface area contributed by atoms with Gasteiger partial charge in [-0.15, -0.1) is 11.3 Å². The molecule has 0 fully saturated rings. The highest BCUT2D eigenvalue weighted by Gasteiger charge is 2.29. The summed E-state index contributed by atoms with van der Waals surface area (Å²) in [7, 11) is 0. The predicted octanol–water partition coefficient (Wildman–Crippen LogP) is 4.62. The Balaban J connectivity index is 1.98. The van der Waals surface area contributed by atoms with Gasteiger partial charge in [0.2, 0.25) is 0 Å².